The molecule has 1 heterocycles. The summed E-state index contributed by atoms with van der Waals surface area (Å²) in [5, 5.41) is 4.28. The Morgan fingerprint density at radius 3 is 2.78 bits per heavy atom. The van der Waals surface area contributed by atoms with Crippen LogP contribution >= 0.6 is 0 Å². The second-order valence-electron chi connectivity index (χ2n) is 5.13. The van der Waals surface area contributed by atoms with E-state index in [-0.39, 0.29) is 18.3 Å². The number of hydrogen-bond donors (Lipinski definition) is 1. The number of esters is 1. The van der Waals surface area contributed by atoms with Crippen molar-refractivity contribution in [2.24, 2.45) is 5.73 Å². The SMILES string of the molecule is CCCn1nccc1C(CC(=O)OC)C(C)(C)N. The number of nitrogens with two attached hydrogens (primary N) is 1. The number of carbonyl (C=O) groups excluding carboxylic acids is 1. The van der Waals surface area contributed by atoms with Gasteiger partial charge in [0, 0.05) is 29.9 Å². The van der Waals surface area contributed by atoms with Gasteiger partial charge in [0.25, 0.3) is 0 Å². The van der Waals surface area contributed by atoms with Gasteiger partial charge in [-0.2, -0.15) is 5.10 Å². The summed E-state index contributed by atoms with van der Waals surface area (Å²) < 4.78 is 6.67. The summed E-state index contributed by atoms with van der Waals surface area (Å²) in [7, 11) is 1.40. The van der Waals surface area contributed by atoms with Gasteiger partial charge < -0.3 is 10.5 Å². The van der Waals surface area contributed by atoms with Gasteiger partial charge in [0.2, 0.25) is 0 Å². The zero-order valence-corrected chi connectivity index (χ0v) is 11.6. The molecular formula is C13H23N3O2. The van der Waals surface area contributed by atoms with Crippen molar-refractivity contribution in [3.05, 3.63) is 18.0 Å². The number of carbonyl (C=O) groups is 1. The highest BCUT2D eigenvalue weighted by atomic mass is 16.5. The second kappa shape index (κ2) is 6.00. The van der Waals surface area contributed by atoms with Crippen LogP contribution in [-0.4, -0.2) is 28.4 Å². The van der Waals surface area contributed by atoms with Crippen molar-refractivity contribution >= 4 is 5.97 Å². The highest BCUT2D eigenvalue weighted by molar-refractivity contribution is 5.70. The first kappa shape index (κ1) is 14.7. The lowest BCUT2D eigenvalue weighted by molar-refractivity contribution is -0.141. The Hall–Kier alpha value is -1.36. The predicted molar refractivity (Wildman–Crippen MR) is 70.2 cm³/mol. The molecule has 0 fully saturated rings. The number of hydrogen-bond acceptors (Lipinski definition) is 4. The molecule has 2 N–H and O–H groups in total. The van der Waals surface area contributed by atoms with Crippen LogP contribution in [0.1, 0.15) is 45.2 Å². The Kier molecular flexibility index (Phi) is 4.90. The lowest BCUT2D eigenvalue weighted by Gasteiger charge is -2.30. The number of nitrogens with zero attached hydrogens (tertiary/aromatic N) is 2. The molecule has 0 saturated carbocycles. The summed E-state index contributed by atoms with van der Waals surface area (Å²) in [5.41, 5.74) is 6.68. The number of aromatic nitrogens is 2. The fourth-order valence-electron chi connectivity index (χ4n) is 2.04. The summed E-state index contributed by atoms with van der Waals surface area (Å²) in [5.74, 6) is -0.346. The first-order valence-corrected chi connectivity index (χ1v) is 6.27. The maximum Gasteiger partial charge on any atom is 0.306 e. The molecule has 0 saturated heterocycles. The average Bonchev–Trinajstić information content (AvgIpc) is 2.72. The van der Waals surface area contributed by atoms with E-state index in [0.29, 0.717) is 0 Å². The Balaban J connectivity index is 3.02. The highest BCUT2D eigenvalue weighted by Gasteiger charge is 2.31. The van der Waals surface area contributed by atoms with E-state index < -0.39 is 5.54 Å². The molecule has 0 aliphatic heterocycles. The van der Waals surface area contributed by atoms with Crippen LogP contribution in [0.3, 0.4) is 0 Å². The molecule has 1 aromatic rings. The monoisotopic (exact) mass is 253 g/mol. The summed E-state index contributed by atoms with van der Waals surface area (Å²) >= 11 is 0. The fourth-order valence-corrected chi connectivity index (χ4v) is 2.04. The second-order valence-corrected chi connectivity index (χ2v) is 5.13. The molecule has 0 radical (unpaired) electrons. The molecule has 102 valence electrons. The van der Waals surface area contributed by atoms with Gasteiger partial charge in [-0.25, -0.2) is 0 Å². The van der Waals surface area contributed by atoms with Crippen LogP contribution in [0.25, 0.3) is 0 Å². The molecule has 5 heteroatoms. The van der Waals surface area contributed by atoms with Crippen LogP contribution in [0.2, 0.25) is 0 Å². The third-order valence-corrected chi connectivity index (χ3v) is 3.04. The minimum Gasteiger partial charge on any atom is -0.469 e. The molecule has 18 heavy (non-hydrogen) atoms. The predicted octanol–water partition coefficient (Wildman–Crippen LogP) is 1.68. The molecule has 0 amide bonds. The van der Waals surface area contributed by atoms with Crippen LogP contribution in [0.4, 0.5) is 0 Å². The van der Waals surface area contributed by atoms with Crippen molar-refractivity contribution in [1.82, 2.24) is 9.78 Å². The maximum absolute atomic E-state index is 11.5. The van der Waals surface area contributed by atoms with Crippen LogP contribution in [0.5, 0.6) is 0 Å². The Bertz CT molecular complexity index is 393. The molecule has 0 spiro atoms. The van der Waals surface area contributed by atoms with Crippen LogP contribution in [0.15, 0.2) is 12.3 Å². The third-order valence-electron chi connectivity index (χ3n) is 3.04. The van der Waals surface area contributed by atoms with E-state index in [0.717, 1.165) is 18.7 Å². The minimum absolute atomic E-state index is 0.0981. The van der Waals surface area contributed by atoms with Crippen molar-refractivity contribution in [3.63, 3.8) is 0 Å². The molecule has 1 rings (SSSR count). The van der Waals surface area contributed by atoms with Crippen LogP contribution in [-0.2, 0) is 16.1 Å². The van der Waals surface area contributed by atoms with Gasteiger partial charge in [-0.15, -0.1) is 0 Å². The Morgan fingerprint density at radius 2 is 2.28 bits per heavy atom. The van der Waals surface area contributed by atoms with Gasteiger partial charge in [0.15, 0.2) is 0 Å². The van der Waals surface area contributed by atoms with Crippen LogP contribution in [0, 0.1) is 0 Å². The standard InChI is InChI=1S/C13H23N3O2/c1-5-8-16-11(6-7-15-16)10(13(2,3)14)9-12(17)18-4/h6-7,10H,5,8-9,14H2,1-4H3. The first-order chi connectivity index (χ1) is 8.40. The highest BCUT2D eigenvalue weighted by Crippen LogP contribution is 2.29. The van der Waals surface area contributed by atoms with Crippen molar-refractivity contribution in [2.75, 3.05) is 7.11 Å². The van der Waals surface area contributed by atoms with E-state index in [4.69, 9.17) is 10.5 Å². The van der Waals surface area contributed by atoms with Gasteiger partial charge in [-0.3, -0.25) is 9.48 Å². The molecule has 0 bridgehead atoms. The average molecular weight is 253 g/mol. The van der Waals surface area contributed by atoms with Crippen LogP contribution < -0.4 is 5.73 Å². The van der Waals surface area contributed by atoms with Gasteiger partial charge in [-0.05, 0) is 26.3 Å². The molecule has 0 aliphatic rings. The summed E-state index contributed by atoms with van der Waals surface area (Å²) in [6, 6.07) is 1.93. The smallest absolute Gasteiger partial charge is 0.306 e. The Morgan fingerprint density at radius 1 is 1.61 bits per heavy atom. The largest absolute Gasteiger partial charge is 0.469 e. The first-order valence-electron chi connectivity index (χ1n) is 6.27. The summed E-state index contributed by atoms with van der Waals surface area (Å²) in [6.45, 7) is 6.76. The lowest BCUT2D eigenvalue weighted by Crippen LogP contribution is -2.41. The van der Waals surface area contributed by atoms with Gasteiger partial charge in [0.05, 0.1) is 13.5 Å². The molecule has 1 aromatic heterocycles. The fraction of sp³-hybridized carbons (Fsp3) is 0.692. The summed E-state index contributed by atoms with van der Waals surface area (Å²) in [4.78, 5) is 11.5. The molecular weight excluding hydrogens is 230 g/mol. The number of rotatable bonds is 6. The number of ether oxygens (including phenoxy) is 1. The van der Waals surface area contributed by atoms with Crippen molar-refractivity contribution in [2.45, 2.75) is 51.6 Å². The van der Waals surface area contributed by atoms with Gasteiger partial charge >= 0.3 is 5.97 Å². The van der Waals surface area contributed by atoms with E-state index in [2.05, 4.69) is 12.0 Å². The molecule has 0 aromatic carbocycles. The molecule has 0 aliphatic carbocycles. The van der Waals surface area contributed by atoms with Crippen molar-refractivity contribution < 1.29 is 9.53 Å². The topological polar surface area (TPSA) is 70.1 Å². The maximum atomic E-state index is 11.5. The lowest BCUT2D eigenvalue weighted by atomic mass is 9.83. The third kappa shape index (κ3) is 3.57. The minimum atomic E-state index is -0.500. The van der Waals surface area contributed by atoms with E-state index in [1.54, 1.807) is 6.20 Å². The van der Waals surface area contributed by atoms with E-state index in [1.807, 2.05) is 24.6 Å². The van der Waals surface area contributed by atoms with Gasteiger partial charge in [-0.1, -0.05) is 6.92 Å². The van der Waals surface area contributed by atoms with Crippen molar-refractivity contribution in [1.29, 1.82) is 0 Å². The van der Waals surface area contributed by atoms with E-state index >= 15 is 0 Å². The van der Waals surface area contributed by atoms with E-state index in [1.165, 1.54) is 7.11 Å². The molecule has 5 nitrogen and oxygen atoms in total. The molecule has 1 atom stereocenters. The summed E-state index contributed by atoms with van der Waals surface area (Å²) in [6.07, 6.45) is 3.01. The number of methoxy groups -OCH3 is 1. The van der Waals surface area contributed by atoms with E-state index in [9.17, 15) is 4.79 Å². The number of aryl methyl sites for hydroxylation is 1. The molecule has 1 unspecified atom stereocenters. The quantitative estimate of drug-likeness (QED) is 0.783. The van der Waals surface area contributed by atoms with Gasteiger partial charge in [0.1, 0.15) is 0 Å². The zero-order valence-electron chi connectivity index (χ0n) is 11.6. The normalized spacial score (nSPS) is 13.4. The Labute approximate surface area is 108 Å². The van der Waals surface area contributed by atoms with Crippen molar-refractivity contribution in [3.8, 4) is 0 Å². The zero-order chi connectivity index (χ0) is 13.8.